The number of nitrogens with zero attached hydrogens (tertiary/aromatic N) is 5. The van der Waals surface area contributed by atoms with Gasteiger partial charge in [0.2, 0.25) is 5.91 Å². The number of benzene rings is 1. The van der Waals surface area contributed by atoms with E-state index in [1.807, 2.05) is 36.1 Å². The highest BCUT2D eigenvalue weighted by Crippen LogP contribution is 2.22. The van der Waals surface area contributed by atoms with Crippen LogP contribution in [-0.4, -0.2) is 84.2 Å². The zero-order chi connectivity index (χ0) is 23.2. The number of nitrogens with one attached hydrogen (secondary N) is 1. The zero-order valence-electron chi connectivity index (χ0n) is 20.1. The lowest BCUT2D eigenvalue weighted by Gasteiger charge is -2.34. The van der Waals surface area contributed by atoms with E-state index in [1.54, 1.807) is 4.57 Å². The number of rotatable bonds is 8. The number of amides is 1. The molecule has 1 aromatic heterocycles. The molecule has 2 saturated heterocycles. The third kappa shape index (κ3) is 5.55. The standard InChI is InChI=1S/C25H38N6O2/c1-3-28-15-17-29(18-16-28)13-8-12-26-24(32)20-9-7-14-30(19-20)23-25(33)31(4-2)22-11-6-5-10-21(22)27-23/h5-6,10-11,20H,3-4,7-9,12-19H2,1-2H3,(H,26,32). The van der Waals surface area contributed by atoms with E-state index >= 15 is 0 Å². The van der Waals surface area contributed by atoms with Gasteiger partial charge in [-0.2, -0.15) is 0 Å². The third-order valence-electron chi connectivity index (χ3n) is 7.11. The van der Waals surface area contributed by atoms with Crippen molar-refractivity contribution in [2.75, 3.05) is 63.8 Å². The summed E-state index contributed by atoms with van der Waals surface area (Å²) in [7, 11) is 0. The maximum absolute atomic E-state index is 13.1. The molecule has 1 atom stereocenters. The fraction of sp³-hybridized carbons (Fsp3) is 0.640. The minimum atomic E-state index is -0.102. The van der Waals surface area contributed by atoms with Gasteiger partial charge < -0.3 is 24.6 Å². The Balaban J connectivity index is 1.32. The number of anilines is 1. The number of carbonyl (C=O) groups is 1. The summed E-state index contributed by atoms with van der Waals surface area (Å²) < 4.78 is 1.78. The van der Waals surface area contributed by atoms with Gasteiger partial charge in [-0.25, -0.2) is 4.98 Å². The number of piperazine rings is 1. The molecule has 2 aliphatic heterocycles. The van der Waals surface area contributed by atoms with Gasteiger partial charge in [-0.3, -0.25) is 9.59 Å². The average Bonchev–Trinajstić information content (AvgIpc) is 2.86. The van der Waals surface area contributed by atoms with Crippen LogP contribution in [0.4, 0.5) is 5.82 Å². The van der Waals surface area contributed by atoms with Crippen LogP contribution in [0.3, 0.4) is 0 Å². The second-order valence-corrected chi connectivity index (χ2v) is 9.18. The van der Waals surface area contributed by atoms with Crippen LogP contribution in [0, 0.1) is 5.92 Å². The third-order valence-corrected chi connectivity index (χ3v) is 7.11. The van der Waals surface area contributed by atoms with Gasteiger partial charge in [0.25, 0.3) is 5.56 Å². The fourth-order valence-electron chi connectivity index (χ4n) is 5.07. The first kappa shape index (κ1) is 23.7. The van der Waals surface area contributed by atoms with Crippen molar-refractivity contribution in [3.8, 4) is 0 Å². The molecule has 8 nitrogen and oxygen atoms in total. The Bertz CT molecular complexity index is 998. The summed E-state index contributed by atoms with van der Waals surface area (Å²) in [6.07, 6.45) is 2.72. The van der Waals surface area contributed by atoms with E-state index < -0.39 is 0 Å². The summed E-state index contributed by atoms with van der Waals surface area (Å²) in [5.74, 6) is 0.473. The van der Waals surface area contributed by atoms with Crippen molar-refractivity contribution in [3.05, 3.63) is 34.6 Å². The molecule has 1 unspecified atom stereocenters. The normalized spacial score (nSPS) is 20.3. The number of fused-ring (bicyclic) bond motifs is 1. The minimum absolute atomic E-state index is 0.0690. The van der Waals surface area contributed by atoms with Gasteiger partial charge >= 0.3 is 0 Å². The molecule has 3 heterocycles. The second kappa shape index (κ2) is 11.1. The van der Waals surface area contributed by atoms with Gasteiger partial charge in [0.05, 0.1) is 17.0 Å². The van der Waals surface area contributed by atoms with Crippen LogP contribution in [0.2, 0.25) is 0 Å². The quantitative estimate of drug-likeness (QED) is 0.613. The predicted molar refractivity (Wildman–Crippen MR) is 133 cm³/mol. The number of hydrogen-bond donors (Lipinski definition) is 1. The number of piperidine rings is 1. The summed E-state index contributed by atoms with van der Waals surface area (Å²) in [6.45, 7) is 13.5. The van der Waals surface area contributed by atoms with E-state index in [0.717, 1.165) is 76.1 Å². The van der Waals surface area contributed by atoms with Crippen molar-refractivity contribution in [2.24, 2.45) is 5.92 Å². The van der Waals surface area contributed by atoms with Crippen molar-refractivity contribution in [3.63, 3.8) is 0 Å². The lowest BCUT2D eigenvalue weighted by molar-refractivity contribution is -0.125. The number of likely N-dealkylation sites (N-methyl/N-ethyl adjacent to an activating group) is 1. The van der Waals surface area contributed by atoms with E-state index in [0.29, 0.717) is 25.5 Å². The van der Waals surface area contributed by atoms with Crippen LogP contribution in [0.5, 0.6) is 0 Å². The first-order chi connectivity index (χ1) is 16.1. The van der Waals surface area contributed by atoms with Gasteiger partial charge in [-0.05, 0) is 51.4 Å². The van der Waals surface area contributed by atoms with Crippen LogP contribution >= 0.6 is 0 Å². The van der Waals surface area contributed by atoms with Crippen molar-refractivity contribution in [2.45, 2.75) is 39.7 Å². The summed E-state index contributed by atoms with van der Waals surface area (Å²) in [4.78, 5) is 37.7. The lowest BCUT2D eigenvalue weighted by Crippen LogP contribution is -2.47. The molecule has 0 aliphatic carbocycles. The molecular formula is C25H38N6O2. The zero-order valence-corrected chi connectivity index (χ0v) is 20.1. The van der Waals surface area contributed by atoms with E-state index in [4.69, 9.17) is 4.98 Å². The highest BCUT2D eigenvalue weighted by atomic mass is 16.2. The number of aryl methyl sites for hydroxylation is 1. The second-order valence-electron chi connectivity index (χ2n) is 9.18. The summed E-state index contributed by atoms with van der Waals surface area (Å²) in [5, 5.41) is 3.14. The molecule has 0 bridgehead atoms. The lowest BCUT2D eigenvalue weighted by atomic mass is 9.97. The first-order valence-corrected chi connectivity index (χ1v) is 12.6. The Labute approximate surface area is 196 Å². The molecule has 33 heavy (non-hydrogen) atoms. The van der Waals surface area contributed by atoms with Crippen LogP contribution in [0.25, 0.3) is 11.0 Å². The van der Waals surface area contributed by atoms with Crippen molar-refractivity contribution >= 4 is 22.8 Å². The van der Waals surface area contributed by atoms with Crippen LogP contribution < -0.4 is 15.8 Å². The summed E-state index contributed by atoms with van der Waals surface area (Å²) >= 11 is 0. The molecule has 8 heteroatoms. The Hall–Kier alpha value is -2.45. The molecule has 1 aromatic carbocycles. The molecule has 2 fully saturated rings. The Morgan fingerprint density at radius 2 is 1.82 bits per heavy atom. The first-order valence-electron chi connectivity index (χ1n) is 12.6. The number of hydrogen-bond acceptors (Lipinski definition) is 6. The van der Waals surface area contributed by atoms with Gasteiger partial charge in [0, 0.05) is 52.4 Å². The monoisotopic (exact) mass is 454 g/mol. The number of carbonyl (C=O) groups excluding carboxylic acids is 1. The van der Waals surface area contributed by atoms with Gasteiger partial charge in [-0.15, -0.1) is 0 Å². The minimum Gasteiger partial charge on any atom is -0.356 e. The van der Waals surface area contributed by atoms with E-state index in [-0.39, 0.29) is 17.4 Å². The summed E-state index contributed by atoms with van der Waals surface area (Å²) in [6, 6.07) is 7.76. The number of aromatic nitrogens is 2. The smallest absolute Gasteiger partial charge is 0.293 e. The molecule has 0 radical (unpaired) electrons. The van der Waals surface area contributed by atoms with Gasteiger partial charge in [-0.1, -0.05) is 19.1 Å². The SMILES string of the molecule is CCN1CCN(CCCNC(=O)C2CCCN(c3nc4ccccc4n(CC)c3=O)C2)CC1. The molecule has 2 aliphatic rings. The van der Waals surface area contributed by atoms with Gasteiger partial charge in [0.1, 0.15) is 0 Å². The van der Waals surface area contributed by atoms with E-state index in [9.17, 15) is 9.59 Å². The highest BCUT2D eigenvalue weighted by molar-refractivity contribution is 5.80. The molecule has 180 valence electrons. The van der Waals surface area contributed by atoms with Crippen molar-refractivity contribution < 1.29 is 4.79 Å². The van der Waals surface area contributed by atoms with Gasteiger partial charge in [0.15, 0.2) is 5.82 Å². The van der Waals surface area contributed by atoms with E-state index in [2.05, 4.69) is 22.0 Å². The highest BCUT2D eigenvalue weighted by Gasteiger charge is 2.28. The number of para-hydroxylation sites is 2. The Morgan fingerprint density at radius 3 is 2.58 bits per heavy atom. The molecule has 1 amide bonds. The maximum atomic E-state index is 13.1. The molecule has 4 rings (SSSR count). The Morgan fingerprint density at radius 1 is 1.06 bits per heavy atom. The van der Waals surface area contributed by atoms with Crippen LogP contribution in [0.1, 0.15) is 33.1 Å². The molecule has 1 N–H and O–H groups in total. The predicted octanol–water partition coefficient (Wildman–Crippen LogP) is 1.78. The molecule has 0 spiro atoms. The average molecular weight is 455 g/mol. The molecule has 2 aromatic rings. The fourth-order valence-corrected chi connectivity index (χ4v) is 5.07. The van der Waals surface area contributed by atoms with Crippen molar-refractivity contribution in [1.82, 2.24) is 24.7 Å². The molecule has 0 saturated carbocycles. The van der Waals surface area contributed by atoms with E-state index in [1.165, 1.54) is 0 Å². The largest absolute Gasteiger partial charge is 0.356 e. The molecular weight excluding hydrogens is 416 g/mol. The topological polar surface area (TPSA) is 73.7 Å². The van der Waals surface area contributed by atoms with Crippen LogP contribution in [-0.2, 0) is 11.3 Å². The van der Waals surface area contributed by atoms with Crippen LogP contribution in [0.15, 0.2) is 29.1 Å². The summed E-state index contributed by atoms with van der Waals surface area (Å²) in [5.41, 5.74) is 1.61. The van der Waals surface area contributed by atoms with Crippen molar-refractivity contribution in [1.29, 1.82) is 0 Å². The maximum Gasteiger partial charge on any atom is 0.293 e. The Kier molecular flexibility index (Phi) is 7.98.